The van der Waals surface area contributed by atoms with Crippen LogP contribution in [0.15, 0.2) is 24.3 Å². The molecular formula is C16H25N3O2. The van der Waals surface area contributed by atoms with Crippen LogP contribution in [0.1, 0.15) is 31.9 Å². The van der Waals surface area contributed by atoms with Crippen molar-refractivity contribution in [1.82, 2.24) is 10.6 Å². The number of nitrogens with two attached hydrogens (primary N) is 1. The molecule has 0 heterocycles. The molecule has 0 aliphatic heterocycles. The van der Waals surface area contributed by atoms with Crippen molar-refractivity contribution in [2.45, 2.75) is 39.8 Å². The highest BCUT2D eigenvalue weighted by molar-refractivity contribution is 5.88. The summed E-state index contributed by atoms with van der Waals surface area (Å²) >= 11 is 0. The third-order valence-corrected chi connectivity index (χ3v) is 3.08. The Morgan fingerprint density at radius 3 is 2.19 bits per heavy atom. The Morgan fingerprint density at radius 2 is 1.67 bits per heavy atom. The molecule has 4 N–H and O–H groups in total. The van der Waals surface area contributed by atoms with Crippen LogP contribution >= 0.6 is 0 Å². The van der Waals surface area contributed by atoms with E-state index in [-0.39, 0.29) is 18.2 Å². The van der Waals surface area contributed by atoms with E-state index in [4.69, 9.17) is 5.73 Å². The highest BCUT2D eigenvalue weighted by Crippen LogP contribution is 2.04. The van der Waals surface area contributed by atoms with E-state index in [0.29, 0.717) is 19.0 Å². The third-order valence-electron chi connectivity index (χ3n) is 3.08. The molecule has 0 spiro atoms. The average molecular weight is 291 g/mol. The van der Waals surface area contributed by atoms with E-state index in [0.717, 1.165) is 11.1 Å². The molecule has 116 valence electrons. The molecule has 0 aromatic heterocycles. The van der Waals surface area contributed by atoms with Gasteiger partial charge in [0.15, 0.2) is 0 Å². The lowest BCUT2D eigenvalue weighted by atomic mass is 10.1. The lowest BCUT2D eigenvalue weighted by Crippen LogP contribution is -2.46. The smallest absolute Gasteiger partial charge is 0.242 e. The zero-order chi connectivity index (χ0) is 15.8. The first-order chi connectivity index (χ1) is 9.92. The molecule has 0 saturated heterocycles. The van der Waals surface area contributed by atoms with Gasteiger partial charge in [0.05, 0.1) is 6.42 Å². The summed E-state index contributed by atoms with van der Waals surface area (Å²) in [7, 11) is 0. The summed E-state index contributed by atoms with van der Waals surface area (Å²) in [5, 5.41) is 5.50. The summed E-state index contributed by atoms with van der Waals surface area (Å²) in [6.07, 6.45) is 0.257. The van der Waals surface area contributed by atoms with Gasteiger partial charge in [-0.2, -0.15) is 0 Å². The molecule has 0 radical (unpaired) electrons. The van der Waals surface area contributed by atoms with Crippen molar-refractivity contribution >= 4 is 11.8 Å². The van der Waals surface area contributed by atoms with Crippen LogP contribution in [0.25, 0.3) is 0 Å². The minimum Gasteiger partial charge on any atom is -0.354 e. The number of hydrogen-bond donors (Lipinski definition) is 3. The summed E-state index contributed by atoms with van der Waals surface area (Å²) in [4.78, 5) is 23.7. The summed E-state index contributed by atoms with van der Waals surface area (Å²) in [6, 6.07) is 7.04. The van der Waals surface area contributed by atoms with E-state index in [1.54, 1.807) is 6.92 Å². The molecule has 1 aromatic rings. The fourth-order valence-electron chi connectivity index (χ4n) is 1.79. The van der Waals surface area contributed by atoms with Gasteiger partial charge in [0.2, 0.25) is 11.8 Å². The number of hydrogen-bond acceptors (Lipinski definition) is 3. The van der Waals surface area contributed by atoms with E-state index in [1.165, 1.54) is 0 Å². The van der Waals surface area contributed by atoms with Crippen molar-refractivity contribution in [3.05, 3.63) is 35.4 Å². The van der Waals surface area contributed by atoms with Crippen molar-refractivity contribution in [3.63, 3.8) is 0 Å². The molecule has 5 nitrogen and oxygen atoms in total. The Labute approximate surface area is 126 Å². The molecule has 0 fully saturated rings. The molecule has 5 heteroatoms. The number of carbonyl (C=O) groups is 2. The predicted molar refractivity (Wildman–Crippen MR) is 83.5 cm³/mol. The zero-order valence-electron chi connectivity index (χ0n) is 13.0. The standard InChI is InChI=1S/C16H25N3O2/c1-11(2)10-18-16(21)12(3)19-15(20)8-13-4-6-14(9-17)7-5-13/h4-7,11-12H,8-10,17H2,1-3H3,(H,18,21)(H,19,20). The van der Waals surface area contributed by atoms with Gasteiger partial charge in [-0.05, 0) is 24.0 Å². The van der Waals surface area contributed by atoms with E-state index in [9.17, 15) is 9.59 Å². The molecule has 0 aliphatic carbocycles. The van der Waals surface area contributed by atoms with Crippen molar-refractivity contribution in [2.24, 2.45) is 11.7 Å². The molecule has 0 aliphatic rings. The normalized spacial score (nSPS) is 12.0. The fraction of sp³-hybridized carbons (Fsp3) is 0.500. The van der Waals surface area contributed by atoms with Crippen molar-refractivity contribution in [3.8, 4) is 0 Å². The van der Waals surface area contributed by atoms with Crippen LogP contribution in [0.2, 0.25) is 0 Å². The van der Waals surface area contributed by atoms with Gasteiger partial charge in [-0.1, -0.05) is 38.1 Å². The molecule has 0 saturated carbocycles. The Morgan fingerprint density at radius 1 is 1.10 bits per heavy atom. The van der Waals surface area contributed by atoms with Crippen LogP contribution in [-0.4, -0.2) is 24.4 Å². The summed E-state index contributed by atoms with van der Waals surface area (Å²) in [5.74, 6) is 0.0659. The molecule has 1 aromatic carbocycles. The highest BCUT2D eigenvalue weighted by atomic mass is 16.2. The van der Waals surface area contributed by atoms with E-state index < -0.39 is 6.04 Å². The van der Waals surface area contributed by atoms with Gasteiger partial charge in [-0.15, -0.1) is 0 Å². The second-order valence-electron chi connectivity index (χ2n) is 5.63. The zero-order valence-corrected chi connectivity index (χ0v) is 13.0. The number of carbonyl (C=O) groups excluding carboxylic acids is 2. The quantitative estimate of drug-likeness (QED) is 0.700. The first kappa shape index (κ1) is 17.2. The Balaban J connectivity index is 2.43. The number of amides is 2. The van der Waals surface area contributed by atoms with E-state index in [1.807, 2.05) is 38.1 Å². The van der Waals surface area contributed by atoms with Crippen LogP contribution in [0.3, 0.4) is 0 Å². The van der Waals surface area contributed by atoms with Gasteiger partial charge in [-0.25, -0.2) is 0 Å². The Bertz CT molecular complexity index is 469. The maximum Gasteiger partial charge on any atom is 0.242 e. The van der Waals surface area contributed by atoms with Gasteiger partial charge in [-0.3, -0.25) is 9.59 Å². The molecule has 21 heavy (non-hydrogen) atoms. The van der Waals surface area contributed by atoms with Crippen molar-refractivity contribution in [1.29, 1.82) is 0 Å². The van der Waals surface area contributed by atoms with Crippen LogP contribution in [0.4, 0.5) is 0 Å². The lowest BCUT2D eigenvalue weighted by molar-refractivity contribution is -0.128. The number of rotatable bonds is 7. The van der Waals surface area contributed by atoms with E-state index >= 15 is 0 Å². The first-order valence-corrected chi connectivity index (χ1v) is 7.27. The SMILES string of the molecule is CC(C)CNC(=O)C(C)NC(=O)Cc1ccc(CN)cc1. The van der Waals surface area contributed by atoms with Crippen molar-refractivity contribution < 1.29 is 9.59 Å². The molecule has 1 rings (SSSR count). The largest absolute Gasteiger partial charge is 0.354 e. The Hall–Kier alpha value is -1.88. The van der Waals surface area contributed by atoms with Gasteiger partial charge >= 0.3 is 0 Å². The maximum absolute atomic E-state index is 11.9. The van der Waals surface area contributed by atoms with Gasteiger partial charge in [0.1, 0.15) is 6.04 Å². The summed E-state index contributed by atoms with van der Waals surface area (Å²) < 4.78 is 0. The monoisotopic (exact) mass is 291 g/mol. The maximum atomic E-state index is 11.9. The number of nitrogens with one attached hydrogen (secondary N) is 2. The van der Waals surface area contributed by atoms with Crippen LogP contribution in [0.5, 0.6) is 0 Å². The lowest BCUT2D eigenvalue weighted by Gasteiger charge is -2.15. The van der Waals surface area contributed by atoms with Gasteiger partial charge < -0.3 is 16.4 Å². The molecule has 1 atom stereocenters. The van der Waals surface area contributed by atoms with E-state index in [2.05, 4.69) is 10.6 Å². The van der Waals surface area contributed by atoms with Gasteiger partial charge in [0, 0.05) is 13.1 Å². The van der Waals surface area contributed by atoms with Gasteiger partial charge in [0.25, 0.3) is 0 Å². The van der Waals surface area contributed by atoms with Crippen LogP contribution < -0.4 is 16.4 Å². The fourth-order valence-corrected chi connectivity index (χ4v) is 1.79. The minimum atomic E-state index is -0.528. The first-order valence-electron chi connectivity index (χ1n) is 7.27. The third kappa shape index (κ3) is 6.40. The highest BCUT2D eigenvalue weighted by Gasteiger charge is 2.15. The summed E-state index contributed by atoms with van der Waals surface area (Å²) in [5.41, 5.74) is 7.46. The molecule has 2 amide bonds. The summed E-state index contributed by atoms with van der Waals surface area (Å²) in [6.45, 7) is 6.83. The molecule has 0 bridgehead atoms. The second-order valence-corrected chi connectivity index (χ2v) is 5.63. The van der Waals surface area contributed by atoms with Crippen LogP contribution in [0, 0.1) is 5.92 Å². The Kier molecular flexibility index (Phi) is 6.88. The predicted octanol–water partition coefficient (Wildman–Crippen LogP) is 0.965. The minimum absolute atomic E-state index is 0.157. The average Bonchev–Trinajstić information content (AvgIpc) is 2.45. The molecular weight excluding hydrogens is 266 g/mol. The number of benzene rings is 1. The van der Waals surface area contributed by atoms with Crippen molar-refractivity contribution in [2.75, 3.05) is 6.54 Å². The topological polar surface area (TPSA) is 84.2 Å². The second kappa shape index (κ2) is 8.42. The molecule has 1 unspecified atom stereocenters. The van der Waals surface area contributed by atoms with Crippen LogP contribution in [-0.2, 0) is 22.6 Å².